The van der Waals surface area contributed by atoms with E-state index in [1.54, 1.807) is 6.92 Å². The monoisotopic (exact) mass is 416 g/mol. The van der Waals surface area contributed by atoms with E-state index in [0.717, 1.165) is 44.0 Å². The van der Waals surface area contributed by atoms with Gasteiger partial charge in [-0.1, -0.05) is 11.6 Å². The Labute approximate surface area is 175 Å². The van der Waals surface area contributed by atoms with Crippen molar-refractivity contribution in [3.8, 4) is 11.8 Å². The van der Waals surface area contributed by atoms with Gasteiger partial charge in [-0.15, -0.1) is 0 Å². The summed E-state index contributed by atoms with van der Waals surface area (Å²) in [7, 11) is 0. The minimum Gasteiger partial charge on any atom is -0.492 e. The van der Waals surface area contributed by atoms with Crippen molar-refractivity contribution in [3.05, 3.63) is 46.2 Å². The summed E-state index contributed by atoms with van der Waals surface area (Å²) in [6, 6.07) is 9.43. The predicted octanol–water partition coefficient (Wildman–Crippen LogP) is 3.06. The highest BCUT2D eigenvalue weighted by atomic mass is 35.5. The van der Waals surface area contributed by atoms with Crippen LogP contribution in [0.25, 0.3) is 0 Å². The van der Waals surface area contributed by atoms with Gasteiger partial charge >= 0.3 is 0 Å². The summed E-state index contributed by atoms with van der Waals surface area (Å²) in [6.45, 7) is 8.66. The maximum atomic E-state index is 12.3. The Morgan fingerprint density at radius 1 is 1.21 bits per heavy atom. The summed E-state index contributed by atoms with van der Waals surface area (Å²) in [6.07, 6.45) is 0. The van der Waals surface area contributed by atoms with E-state index >= 15 is 0 Å². The molecule has 0 atom stereocenters. The second-order valence-electron chi connectivity index (χ2n) is 7.07. The molecule has 0 aliphatic carbocycles. The molecule has 0 unspecified atom stereocenters. The molecule has 1 N–H and O–H groups in total. The van der Waals surface area contributed by atoms with E-state index in [2.05, 4.69) is 21.2 Å². The number of rotatable bonds is 7. The SMILES string of the molecule is Cc1oc(NC(=O)CN2CCN(CCOc3ccc(Cl)cc3)CC2)c(C#N)c1C. The summed E-state index contributed by atoms with van der Waals surface area (Å²) in [5.41, 5.74) is 1.15. The molecular formula is C21H25ClN4O3. The number of benzene rings is 1. The molecule has 0 bridgehead atoms. The molecule has 1 fully saturated rings. The van der Waals surface area contributed by atoms with Crippen molar-refractivity contribution in [1.82, 2.24) is 9.80 Å². The fourth-order valence-electron chi connectivity index (χ4n) is 3.21. The number of ether oxygens (including phenoxy) is 1. The molecule has 7 nitrogen and oxygen atoms in total. The number of hydrogen-bond donors (Lipinski definition) is 1. The van der Waals surface area contributed by atoms with Crippen LogP contribution >= 0.6 is 11.6 Å². The van der Waals surface area contributed by atoms with Crippen LogP contribution in [0.4, 0.5) is 5.88 Å². The Kier molecular flexibility index (Phi) is 7.15. The Morgan fingerprint density at radius 3 is 2.52 bits per heavy atom. The van der Waals surface area contributed by atoms with Crippen LogP contribution in [0.5, 0.6) is 5.75 Å². The van der Waals surface area contributed by atoms with Crippen molar-refractivity contribution >= 4 is 23.4 Å². The number of furan rings is 1. The molecule has 1 aromatic carbocycles. The van der Waals surface area contributed by atoms with Gasteiger partial charge in [-0.2, -0.15) is 5.26 Å². The van der Waals surface area contributed by atoms with Crippen LogP contribution in [-0.4, -0.2) is 61.6 Å². The lowest BCUT2D eigenvalue weighted by atomic mass is 10.2. The molecule has 0 radical (unpaired) electrons. The molecule has 154 valence electrons. The Morgan fingerprint density at radius 2 is 1.86 bits per heavy atom. The lowest BCUT2D eigenvalue weighted by molar-refractivity contribution is -0.117. The fourth-order valence-corrected chi connectivity index (χ4v) is 3.34. The van der Waals surface area contributed by atoms with E-state index in [0.29, 0.717) is 23.0 Å². The second-order valence-corrected chi connectivity index (χ2v) is 7.50. The minimum atomic E-state index is -0.172. The number of aryl methyl sites for hydroxylation is 1. The number of halogens is 1. The zero-order chi connectivity index (χ0) is 20.8. The number of anilines is 1. The minimum absolute atomic E-state index is 0.172. The Balaban J connectivity index is 1.38. The molecule has 1 saturated heterocycles. The van der Waals surface area contributed by atoms with Crippen LogP contribution < -0.4 is 10.1 Å². The van der Waals surface area contributed by atoms with Crippen molar-refractivity contribution in [2.45, 2.75) is 13.8 Å². The zero-order valence-corrected chi connectivity index (χ0v) is 17.5. The van der Waals surface area contributed by atoms with E-state index in [4.69, 9.17) is 20.8 Å². The fraction of sp³-hybridized carbons (Fsp3) is 0.429. The van der Waals surface area contributed by atoms with Gasteiger partial charge in [0.1, 0.15) is 29.7 Å². The first-order chi connectivity index (χ1) is 14.0. The first-order valence-electron chi connectivity index (χ1n) is 9.59. The molecule has 2 heterocycles. The molecule has 1 aliphatic rings. The summed E-state index contributed by atoms with van der Waals surface area (Å²) >= 11 is 5.87. The smallest absolute Gasteiger partial charge is 0.240 e. The summed E-state index contributed by atoms with van der Waals surface area (Å²) < 4.78 is 11.2. The normalized spacial score (nSPS) is 15.1. The highest BCUT2D eigenvalue weighted by Gasteiger charge is 2.21. The number of carbonyl (C=O) groups is 1. The van der Waals surface area contributed by atoms with Crippen molar-refractivity contribution in [1.29, 1.82) is 5.26 Å². The molecule has 1 aliphatic heterocycles. The Hall–Kier alpha value is -2.53. The number of amides is 1. The van der Waals surface area contributed by atoms with Gasteiger partial charge in [0, 0.05) is 43.3 Å². The van der Waals surface area contributed by atoms with Gasteiger partial charge in [-0.05, 0) is 38.1 Å². The standard InChI is InChI=1S/C21H25ClN4O3/c1-15-16(2)29-21(19(15)13-23)24-20(27)14-26-9-7-25(8-10-26)11-12-28-18-5-3-17(22)4-6-18/h3-6H,7-12,14H2,1-2H3,(H,24,27). The second kappa shape index (κ2) is 9.79. The zero-order valence-electron chi connectivity index (χ0n) is 16.7. The average Bonchev–Trinajstić information content (AvgIpc) is 2.97. The number of nitriles is 1. The molecule has 3 rings (SSSR count). The van der Waals surface area contributed by atoms with Gasteiger partial charge < -0.3 is 9.15 Å². The highest BCUT2D eigenvalue weighted by Crippen LogP contribution is 2.25. The van der Waals surface area contributed by atoms with Crippen LogP contribution in [0, 0.1) is 25.2 Å². The first kappa shape index (κ1) is 21.2. The number of piperazine rings is 1. The lowest BCUT2D eigenvalue weighted by Crippen LogP contribution is -2.49. The summed E-state index contributed by atoms with van der Waals surface area (Å²) in [5, 5.41) is 12.7. The van der Waals surface area contributed by atoms with Gasteiger partial charge in [-0.3, -0.25) is 19.9 Å². The summed E-state index contributed by atoms with van der Waals surface area (Å²) in [4.78, 5) is 16.8. The number of nitrogens with one attached hydrogen (secondary N) is 1. The van der Waals surface area contributed by atoms with Crippen molar-refractivity contribution in [2.24, 2.45) is 0 Å². The van der Waals surface area contributed by atoms with Crippen molar-refractivity contribution in [2.75, 3.05) is 51.2 Å². The first-order valence-corrected chi connectivity index (χ1v) is 9.97. The molecular weight excluding hydrogens is 392 g/mol. The number of hydrogen-bond acceptors (Lipinski definition) is 6. The average molecular weight is 417 g/mol. The summed E-state index contributed by atoms with van der Waals surface area (Å²) in [5.74, 6) is 1.52. The van der Waals surface area contributed by atoms with Gasteiger partial charge in [0.15, 0.2) is 0 Å². The Bertz CT molecular complexity index is 881. The maximum Gasteiger partial charge on any atom is 0.240 e. The van der Waals surface area contributed by atoms with E-state index in [1.807, 2.05) is 31.2 Å². The molecule has 0 saturated carbocycles. The molecule has 1 amide bonds. The highest BCUT2D eigenvalue weighted by molar-refractivity contribution is 6.30. The predicted molar refractivity (Wildman–Crippen MR) is 111 cm³/mol. The van der Waals surface area contributed by atoms with E-state index in [9.17, 15) is 10.1 Å². The molecule has 29 heavy (non-hydrogen) atoms. The molecule has 0 spiro atoms. The topological polar surface area (TPSA) is 81.7 Å². The third-order valence-corrected chi connectivity index (χ3v) is 5.32. The van der Waals surface area contributed by atoms with Crippen LogP contribution in [0.15, 0.2) is 28.7 Å². The maximum absolute atomic E-state index is 12.3. The number of carbonyl (C=O) groups excluding carboxylic acids is 1. The largest absolute Gasteiger partial charge is 0.492 e. The van der Waals surface area contributed by atoms with Crippen LogP contribution in [0.1, 0.15) is 16.9 Å². The third-order valence-electron chi connectivity index (χ3n) is 5.07. The number of nitrogens with zero attached hydrogens (tertiary/aromatic N) is 3. The van der Waals surface area contributed by atoms with Gasteiger partial charge in [0.05, 0.1) is 6.54 Å². The van der Waals surface area contributed by atoms with Crippen LogP contribution in [0.3, 0.4) is 0 Å². The van der Waals surface area contributed by atoms with Gasteiger partial charge in [-0.25, -0.2) is 0 Å². The third kappa shape index (κ3) is 5.73. The van der Waals surface area contributed by atoms with Crippen molar-refractivity contribution < 1.29 is 13.9 Å². The van der Waals surface area contributed by atoms with Gasteiger partial charge in [0.2, 0.25) is 11.8 Å². The quantitative estimate of drug-likeness (QED) is 0.747. The lowest BCUT2D eigenvalue weighted by Gasteiger charge is -2.34. The van der Waals surface area contributed by atoms with E-state index < -0.39 is 0 Å². The molecule has 1 aromatic heterocycles. The van der Waals surface area contributed by atoms with Crippen LogP contribution in [-0.2, 0) is 4.79 Å². The van der Waals surface area contributed by atoms with Gasteiger partial charge in [0.25, 0.3) is 0 Å². The molecule has 8 heteroatoms. The van der Waals surface area contributed by atoms with Crippen LogP contribution in [0.2, 0.25) is 5.02 Å². The van der Waals surface area contributed by atoms with E-state index in [1.165, 1.54) is 0 Å². The van der Waals surface area contributed by atoms with E-state index in [-0.39, 0.29) is 18.3 Å². The molecule has 2 aromatic rings. The van der Waals surface area contributed by atoms with Crippen molar-refractivity contribution in [3.63, 3.8) is 0 Å².